The van der Waals surface area contributed by atoms with Gasteiger partial charge < -0.3 is 0 Å². The van der Waals surface area contributed by atoms with E-state index in [-0.39, 0.29) is 5.41 Å². The van der Waals surface area contributed by atoms with Gasteiger partial charge in [0.1, 0.15) is 7.85 Å². The van der Waals surface area contributed by atoms with Crippen LogP contribution in [-0.4, -0.2) is 17.8 Å². The molecule has 0 saturated carbocycles. The van der Waals surface area contributed by atoms with Gasteiger partial charge in [-0.05, 0) is 35.2 Å². The predicted octanol–water partition coefficient (Wildman–Crippen LogP) is 6.42. The van der Waals surface area contributed by atoms with Crippen LogP contribution in [0.1, 0.15) is 36.2 Å². The highest BCUT2D eigenvalue weighted by Crippen LogP contribution is 2.49. The maximum Gasteiger partial charge on any atom is 0.160 e. The number of aromatic nitrogens is 2. The minimum Gasteiger partial charge on any atom is -0.233 e. The van der Waals surface area contributed by atoms with Crippen LogP contribution in [0.3, 0.4) is 0 Å². The number of aryl methyl sites for hydroxylation is 1. The number of hydrogen-bond donors (Lipinski definition) is 0. The monoisotopic (exact) mass is 424 g/mol. The summed E-state index contributed by atoms with van der Waals surface area (Å²) < 4.78 is 0. The zero-order valence-corrected chi connectivity index (χ0v) is 19.3. The Morgan fingerprint density at radius 1 is 0.848 bits per heavy atom. The fourth-order valence-electron chi connectivity index (χ4n) is 4.78. The topological polar surface area (TPSA) is 25.8 Å². The second-order valence-electron chi connectivity index (χ2n) is 9.04. The van der Waals surface area contributed by atoms with Crippen molar-refractivity contribution in [2.24, 2.45) is 0 Å². The van der Waals surface area contributed by atoms with E-state index >= 15 is 0 Å². The van der Waals surface area contributed by atoms with Gasteiger partial charge in [-0.15, -0.1) is 0 Å². The molecule has 0 N–H and O–H groups in total. The van der Waals surface area contributed by atoms with E-state index in [1.165, 1.54) is 22.3 Å². The van der Waals surface area contributed by atoms with Gasteiger partial charge in [0.05, 0.1) is 5.69 Å². The quantitative estimate of drug-likeness (QED) is 0.279. The summed E-state index contributed by atoms with van der Waals surface area (Å²) in [5.41, 5.74) is 10.8. The molecule has 158 valence electrons. The normalized spacial score (nSPS) is 13.7. The zero-order valence-electron chi connectivity index (χ0n) is 19.3. The molecule has 4 aromatic rings. The lowest BCUT2D eigenvalue weighted by atomic mass is 9.81. The van der Waals surface area contributed by atoms with Crippen LogP contribution in [0, 0.1) is 6.92 Å². The molecule has 0 amide bonds. The average Bonchev–Trinajstić information content (AvgIpc) is 3.05. The van der Waals surface area contributed by atoms with Crippen molar-refractivity contribution < 1.29 is 0 Å². The second-order valence-corrected chi connectivity index (χ2v) is 9.04. The summed E-state index contributed by atoms with van der Waals surface area (Å²) in [6.07, 6.45) is 5.75. The summed E-state index contributed by atoms with van der Waals surface area (Å²) >= 11 is 0. The number of rotatable bonds is 4. The van der Waals surface area contributed by atoms with E-state index in [0.717, 1.165) is 33.5 Å². The van der Waals surface area contributed by atoms with Crippen molar-refractivity contribution in [2.45, 2.75) is 26.2 Å². The Morgan fingerprint density at radius 3 is 2.30 bits per heavy atom. The molecule has 5 rings (SSSR count). The minimum atomic E-state index is -0.0685. The smallest absolute Gasteiger partial charge is 0.160 e. The highest BCUT2D eigenvalue weighted by molar-refractivity contribution is 6.32. The van der Waals surface area contributed by atoms with Crippen LogP contribution in [0.25, 0.3) is 39.8 Å². The lowest BCUT2D eigenvalue weighted by Gasteiger charge is -2.22. The Bertz CT molecular complexity index is 1410. The van der Waals surface area contributed by atoms with Crippen molar-refractivity contribution >= 4 is 19.4 Å². The second kappa shape index (κ2) is 8.01. The van der Waals surface area contributed by atoms with Crippen LogP contribution in [0.2, 0.25) is 0 Å². The Labute approximate surface area is 197 Å². The van der Waals surface area contributed by atoms with E-state index in [9.17, 15) is 0 Å². The molecule has 2 radical (unpaired) electrons. The van der Waals surface area contributed by atoms with Gasteiger partial charge in [0.2, 0.25) is 0 Å². The molecule has 0 aliphatic heterocycles. The van der Waals surface area contributed by atoms with Gasteiger partial charge in [-0.1, -0.05) is 105 Å². The molecule has 0 spiro atoms. The molecule has 0 saturated heterocycles. The molecular formula is C30H25BN2. The molecule has 1 heterocycles. The van der Waals surface area contributed by atoms with Crippen LogP contribution in [0.4, 0.5) is 0 Å². The number of nitrogens with zero attached hydrogens (tertiary/aromatic N) is 2. The third kappa shape index (κ3) is 3.54. The average molecular weight is 424 g/mol. The first-order chi connectivity index (χ1) is 15.9. The minimum absolute atomic E-state index is 0.0685. The number of hydrogen-bond acceptors (Lipinski definition) is 2. The Hall–Kier alpha value is -3.72. The molecule has 0 atom stereocenters. The van der Waals surface area contributed by atoms with E-state index in [1.54, 1.807) is 6.08 Å². The van der Waals surface area contributed by atoms with Crippen LogP contribution in [0.15, 0.2) is 85.5 Å². The standard InChI is InChI=1S/C30H25BN2/c1-5-6-9-23-19(2)32-29(20-12-15-22(31)16-13-20)33-28(23)21-14-17-25-24-10-7-8-11-26(24)30(3,4)27(25)18-21/h5-18H,1H2,2-4H3/b9-6-. The van der Waals surface area contributed by atoms with E-state index in [1.807, 2.05) is 43.3 Å². The SMILES string of the molecule is [B]c1ccc(-c2nc(C)c(/C=C\C=C)c(-c3ccc4c(c3)C(C)(C)c3ccccc3-4)n2)cc1. The third-order valence-corrected chi connectivity index (χ3v) is 6.56. The Balaban J connectivity index is 1.72. The molecule has 1 aliphatic carbocycles. The molecule has 1 aliphatic rings. The Morgan fingerprint density at radius 2 is 1.55 bits per heavy atom. The third-order valence-electron chi connectivity index (χ3n) is 6.56. The highest BCUT2D eigenvalue weighted by atomic mass is 14.9. The summed E-state index contributed by atoms with van der Waals surface area (Å²) in [5.74, 6) is 0.696. The van der Waals surface area contributed by atoms with Crippen molar-refractivity contribution in [2.75, 3.05) is 0 Å². The van der Waals surface area contributed by atoms with Gasteiger partial charge in [0.15, 0.2) is 5.82 Å². The van der Waals surface area contributed by atoms with Gasteiger partial charge in [-0.25, -0.2) is 9.97 Å². The van der Waals surface area contributed by atoms with Crippen molar-refractivity contribution in [3.8, 4) is 33.8 Å². The van der Waals surface area contributed by atoms with Gasteiger partial charge in [0, 0.05) is 27.8 Å². The molecule has 0 bridgehead atoms. The van der Waals surface area contributed by atoms with E-state index in [0.29, 0.717) is 5.82 Å². The zero-order chi connectivity index (χ0) is 23.2. The van der Waals surface area contributed by atoms with Gasteiger partial charge in [-0.3, -0.25) is 0 Å². The van der Waals surface area contributed by atoms with Crippen molar-refractivity contribution in [1.29, 1.82) is 0 Å². The number of allylic oxidation sites excluding steroid dienone is 2. The van der Waals surface area contributed by atoms with Gasteiger partial charge >= 0.3 is 0 Å². The maximum atomic E-state index is 5.89. The maximum absolute atomic E-state index is 5.89. The molecule has 2 nitrogen and oxygen atoms in total. The first-order valence-corrected chi connectivity index (χ1v) is 11.2. The summed E-state index contributed by atoms with van der Waals surface area (Å²) in [4.78, 5) is 9.85. The lowest BCUT2D eigenvalue weighted by Crippen LogP contribution is -2.15. The fourth-order valence-corrected chi connectivity index (χ4v) is 4.78. The van der Waals surface area contributed by atoms with Crippen LogP contribution in [-0.2, 0) is 5.41 Å². The van der Waals surface area contributed by atoms with Crippen LogP contribution in [0.5, 0.6) is 0 Å². The molecule has 0 fully saturated rings. The number of benzene rings is 3. The summed E-state index contributed by atoms with van der Waals surface area (Å²) in [7, 11) is 5.89. The van der Waals surface area contributed by atoms with Crippen molar-refractivity contribution in [3.05, 3.63) is 108 Å². The van der Waals surface area contributed by atoms with E-state index in [2.05, 4.69) is 62.9 Å². The molecule has 3 heteroatoms. The van der Waals surface area contributed by atoms with Gasteiger partial charge in [-0.2, -0.15) is 0 Å². The predicted molar refractivity (Wildman–Crippen MR) is 140 cm³/mol. The first kappa shape index (κ1) is 21.1. The molecular weight excluding hydrogens is 399 g/mol. The summed E-state index contributed by atoms with van der Waals surface area (Å²) in [5, 5.41) is 0. The molecule has 33 heavy (non-hydrogen) atoms. The van der Waals surface area contributed by atoms with Crippen LogP contribution >= 0.6 is 0 Å². The lowest BCUT2D eigenvalue weighted by molar-refractivity contribution is 0.660. The van der Waals surface area contributed by atoms with Crippen molar-refractivity contribution in [3.63, 3.8) is 0 Å². The van der Waals surface area contributed by atoms with Crippen molar-refractivity contribution in [1.82, 2.24) is 9.97 Å². The first-order valence-electron chi connectivity index (χ1n) is 11.2. The number of fused-ring (bicyclic) bond motifs is 3. The van der Waals surface area contributed by atoms with E-state index < -0.39 is 0 Å². The molecule has 1 aromatic heterocycles. The fraction of sp³-hybridized carbons (Fsp3) is 0.133. The largest absolute Gasteiger partial charge is 0.233 e. The summed E-state index contributed by atoms with van der Waals surface area (Å²) in [6.45, 7) is 10.5. The van der Waals surface area contributed by atoms with Crippen LogP contribution < -0.4 is 5.46 Å². The molecule has 3 aromatic carbocycles. The highest BCUT2D eigenvalue weighted by Gasteiger charge is 2.35. The Kier molecular flexibility index (Phi) is 5.13. The summed E-state index contributed by atoms with van der Waals surface area (Å²) in [6, 6.07) is 23.1. The van der Waals surface area contributed by atoms with Gasteiger partial charge in [0.25, 0.3) is 0 Å². The molecule has 0 unspecified atom stereocenters. The van der Waals surface area contributed by atoms with E-state index in [4.69, 9.17) is 17.8 Å².